The van der Waals surface area contributed by atoms with Crippen LogP contribution in [0.1, 0.15) is 80.5 Å². The molecule has 1 heterocycles. The first-order valence-corrected chi connectivity index (χ1v) is 14.9. The predicted molar refractivity (Wildman–Crippen MR) is 161 cm³/mol. The second kappa shape index (κ2) is 11.8. The minimum absolute atomic E-state index is 0.0574. The Balaban J connectivity index is 1.36. The largest absolute Gasteiger partial charge is 0.490 e. The summed E-state index contributed by atoms with van der Waals surface area (Å²) in [6.07, 6.45) is 6.26. The molecule has 41 heavy (non-hydrogen) atoms. The number of nitrogens with one attached hydrogen (secondary N) is 2. The van der Waals surface area contributed by atoms with Crippen LogP contribution in [0.15, 0.2) is 78.0 Å². The topological polar surface area (TPSA) is 76.7 Å². The number of fused-ring (bicyclic) bond motifs is 1. The lowest BCUT2D eigenvalue weighted by Gasteiger charge is -2.30. The molecule has 212 valence electrons. The quantitative estimate of drug-likeness (QED) is 0.240. The maximum Gasteiger partial charge on any atom is 0.314 e. The Bertz CT molecular complexity index is 1470. The van der Waals surface area contributed by atoms with Gasteiger partial charge in [-0.1, -0.05) is 67.3 Å². The van der Waals surface area contributed by atoms with E-state index < -0.39 is 0 Å². The SMILES string of the molecule is CCOc1cc([C@@H]2Nc3ccccc3NC3=C2C(=O)C[C@@H](c2ccc(C)cc2)C3)ccc1OC(=O)C1CCCCC1. The molecule has 0 amide bonds. The second-order valence-electron chi connectivity index (χ2n) is 11.5. The number of hydrogen-bond acceptors (Lipinski definition) is 6. The zero-order valence-electron chi connectivity index (χ0n) is 23.9. The molecular weight excluding hydrogens is 512 g/mol. The average Bonchev–Trinajstić information content (AvgIpc) is 3.16. The Morgan fingerprint density at radius 1 is 0.878 bits per heavy atom. The molecule has 1 fully saturated rings. The highest BCUT2D eigenvalue weighted by Crippen LogP contribution is 2.45. The molecule has 2 atom stereocenters. The highest BCUT2D eigenvalue weighted by Gasteiger charge is 2.36. The lowest BCUT2D eigenvalue weighted by Crippen LogP contribution is -2.27. The van der Waals surface area contributed by atoms with Gasteiger partial charge >= 0.3 is 5.97 Å². The molecule has 0 radical (unpaired) electrons. The first kappa shape index (κ1) is 27.1. The summed E-state index contributed by atoms with van der Waals surface area (Å²) < 4.78 is 11.9. The van der Waals surface area contributed by atoms with Crippen LogP contribution in [0.4, 0.5) is 11.4 Å². The number of carbonyl (C=O) groups is 2. The van der Waals surface area contributed by atoms with Crippen molar-refractivity contribution < 1.29 is 19.1 Å². The number of ether oxygens (including phenoxy) is 2. The number of ketones is 1. The van der Waals surface area contributed by atoms with Crippen LogP contribution in [0.2, 0.25) is 0 Å². The number of anilines is 2. The number of carbonyl (C=O) groups excluding carboxylic acids is 2. The highest BCUT2D eigenvalue weighted by atomic mass is 16.6. The molecule has 0 spiro atoms. The van der Waals surface area contributed by atoms with Crippen LogP contribution in [-0.2, 0) is 9.59 Å². The molecule has 3 aromatic rings. The maximum atomic E-state index is 13.9. The van der Waals surface area contributed by atoms with Crippen LogP contribution >= 0.6 is 0 Å². The Kier molecular flexibility index (Phi) is 7.82. The molecule has 0 saturated heterocycles. The number of rotatable bonds is 6. The van der Waals surface area contributed by atoms with E-state index in [1.165, 1.54) is 17.5 Å². The Morgan fingerprint density at radius 2 is 1.61 bits per heavy atom. The first-order valence-electron chi connectivity index (χ1n) is 14.9. The zero-order chi connectivity index (χ0) is 28.3. The number of allylic oxidation sites excluding steroid dienone is 1. The van der Waals surface area contributed by atoms with E-state index in [9.17, 15) is 9.59 Å². The summed E-state index contributed by atoms with van der Waals surface area (Å²) in [6, 6.07) is 21.9. The molecule has 0 aromatic heterocycles. The minimum Gasteiger partial charge on any atom is -0.490 e. The molecule has 6 nitrogen and oxygen atoms in total. The van der Waals surface area contributed by atoms with Gasteiger partial charge in [0.1, 0.15) is 0 Å². The standard InChI is InChI=1S/C35H38N2O4/c1-3-40-32-21-25(17-18-31(32)41-35(39)24-9-5-4-6-10-24)34-33-29(36-27-11-7-8-12-28(27)37-34)19-26(20-30(33)38)23-15-13-22(2)14-16-23/h7-8,11-18,21,24,26,34,36-37H,3-6,9-10,19-20H2,1-2H3/t26-,34-/m0/s1. The monoisotopic (exact) mass is 550 g/mol. The molecular formula is C35H38N2O4. The minimum atomic E-state index is -0.380. The number of benzene rings is 3. The van der Waals surface area contributed by atoms with Gasteiger partial charge in [-0.15, -0.1) is 0 Å². The molecule has 3 aromatic carbocycles. The van der Waals surface area contributed by atoms with Crippen molar-refractivity contribution >= 4 is 23.1 Å². The zero-order valence-corrected chi connectivity index (χ0v) is 23.9. The molecule has 0 unspecified atom stereocenters. The van der Waals surface area contributed by atoms with E-state index in [4.69, 9.17) is 9.47 Å². The van der Waals surface area contributed by atoms with Gasteiger partial charge in [-0.2, -0.15) is 0 Å². The molecule has 1 saturated carbocycles. The van der Waals surface area contributed by atoms with Gasteiger partial charge < -0.3 is 20.1 Å². The fourth-order valence-corrected chi connectivity index (χ4v) is 6.40. The Morgan fingerprint density at radius 3 is 2.37 bits per heavy atom. The number of Topliss-reactive ketones (excluding diaryl/α,β-unsaturated/α-hetero) is 1. The maximum absolute atomic E-state index is 13.9. The number of para-hydroxylation sites is 2. The predicted octanol–water partition coefficient (Wildman–Crippen LogP) is 7.86. The van der Waals surface area contributed by atoms with E-state index >= 15 is 0 Å². The van der Waals surface area contributed by atoms with Crippen LogP contribution in [0.25, 0.3) is 0 Å². The average molecular weight is 551 g/mol. The number of hydrogen-bond donors (Lipinski definition) is 2. The van der Waals surface area contributed by atoms with Gasteiger partial charge in [0.15, 0.2) is 17.3 Å². The van der Waals surface area contributed by atoms with Gasteiger partial charge in [0, 0.05) is 17.7 Å². The van der Waals surface area contributed by atoms with E-state index in [1.54, 1.807) is 0 Å². The van der Waals surface area contributed by atoms with E-state index in [0.717, 1.165) is 60.3 Å². The highest BCUT2D eigenvalue weighted by molar-refractivity contribution is 6.01. The van der Waals surface area contributed by atoms with Crippen LogP contribution < -0.4 is 20.1 Å². The summed E-state index contributed by atoms with van der Waals surface area (Å²) in [6.45, 7) is 4.43. The summed E-state index contributed by atoms with van der Waals surface area (Å²) in [5.74, 6) is 0.948. The van der Waals surface area contributed by atoms with Gasteiger partial charge in [-0.05, 0) is 74.4 Å². The lowest BCUT2D eigenvalue weighted by atomic mass is 9.78. The molecule has 2 aliphatic carbocycles. The third-order valence-electron chi connectivity index (χ3n) is 8.61. The summed E-state index contributed by atoms with van der Waals surface area (Å²) in [5, 5.41) is 7.26. The molecule has 2 N–H and O–H groups in total. The molecule has 3 aliphatic rings. The van der Waals surface area contributed by atoms with E-state index in [1.807, 2.05) is 49.4 Å². The fraction of sp³-hybridized carbons (Fsp3) is 0.371. The van der Waals surface area contributed by atoms with Crippen LogP contribution in [0.3, 0.4) is 0 Å². The molecule has 6 rings (SSSR count). The first-order chi connectivity index (χ1) is 20.0. The van der Waals surface area contributed by atoms with Gasteiger partial charge in [-0.3, -0.25) is 9.59 Å². The third-order valence-corrected chi connectivity index (χ3v) is 8.61. The van der Waals surface area contributed by atoms with Crippen molar-refractivity contribution in [1.29, 1.82) is 0 Å². The van der Waals surface area contributed by atoms with Crippen LogP contribution in [-0.4, -0.2) is 18.4 Å². The van der Waals surface area contributed by atoms with Crippen molar-refractivity contribution in [3.05, 3.63) is 94.7 Å². The lowest BCUT2D eigenvalue weighted by molar-refractivity contribution is -0.140. The molecule has 0 bridgehead atoms. The third kappa shape index (κ3) is 5.74. The van der Waals surface area contributed by atoms with Crippen molar-refractivity contribution in [2.75, 3.05) is 17.2 Å². The summed E-state index contributed by atoms with van der Waals surface area (Å²) >= 11 is 0. The van der Waals surface area contributed by atoms with Crippen molar-refractivity contribution in [2.24, 2.45) is 5.92 Å². The summed E-state index contributed by atoms with van der Waals surface area (Å²) in [7, 11) is 0. The normalized spacial score (nSPS) is 20.7. The smallest absolute Gasteiger partial charge is 0.314 e. The van der Waals surface area contributed by atoms with Crippen molar-refractivity contribution in [1.82, 2.24) is 0 Å². The molecule has 6 heteroatoms. The van der Waals surface area contributed by atoms with E-state index in [2.05, 4.69) is 41.8 Å². The van der Waals surface area contributed by atoms with E-state index in [0.29, 0.717) is 24.5 Å². The summed E-state index contributed by atoms with van der Waals surface area (Å²) in [4.78, 5) is 26.9. The van der Waals surface area contributed by atoms with Crippen molar-refractivity contribution in [3.8, 4) is 11.5 Å². The Hall–Kier alpha value is -4.06. The second-order valence-corrected chi connectivity index (χ2v) is 11.5. The Labute approximate surface area is 242 Å². The number of esters is 1. The summed E-state index contributed by atoms with van der Waals surface area (Å²) in [5.41, 5.74) is 6.85. The van der Waals surface area contributed by atoms with Gasteiger partial charge in [0.25, 0.3) is 0 Å². The number of aryl methyl sites for hydroxylation is 1. The van der Waals surface area contributed by atoms with E-state index in [-0.39, 0.29) is 29.6 Å². The fourth-order valence-electron chi connectivity index (χ4n) is 6.40. The van der Waals surface area contributed by atoms with Crippen molar-refractivity contribution in [2.45, 2.75) is 70.8 Å². The molecule has 1 aliphatic heterocycles. The van der Waals surface area contributed by atoms with Gasteiger partial charge in [0.2, 0.25) is 0 Å². The van der Waals surface area contributed by atoms with Crippen LogP contribution in [0.5, 0.6) is 11.5 Å². The van der Waals surface area contributed by atoms with Gasteiger partial charge in [-0.25, -0.2) is 0 Å². The van der Waals surface area contributed by atoms with Gasteiger partial charge in [0.05, 0.1) is 29.9 Å². The van der Waals surface area contributed by atoms with Crippen LogP contribution in [0, 0.1) is 12.8 Å². The van der Waals surface area contributed by atoms with Crippen molar-refractivity contribution in [3.63, 3.8) is 0 Å².